The first-order valence-corrected chi connectivity index (χ1v) is 12.3. The zero-order chi connectivity index (χ0) is 19.2. The normalized spacial score (nSPS) is 35.7. The fourth-order valence-corrected chi connectivity index (χ4v) is 7.50. The van der Waals surface area contributed by atoms with Crippen LogP contribution < -0.4 is 10.6 Å². The molecule has 0 aromatic rings. The topological polar surface area (TPSA) is 95.6 Å². The third kappa shape index (κ3) is 3.96. The van der Waals surface area contributed by atoms with Gasteiger partial charge in [0.05, 0.1) is 6.26 Å². The van der Waals surface area contributed by atoms with Crippen LogP contribution in [0.2, 0.25) is 0 Å². The molecule has 0 spiro atoms. The number of sulfonamides is 1. The van der Waals surface area contributed by atoms with Crippen molar-refractivity contribution in [3.05, 3.63) is 0 Å². The lowest BCUT2D eigenvalue weighted by molar-refractivity contribution is -0.00932. The first kappa shape index (κ1) is 19.0. The largest absolute Gasteiger partial charge is 0.339 e. The number of nitrogens with one attached hydrogen (secondary N) is 2. The Hall–Kier alpha value is -1.31. The van der Waals surface area contributed by atoms with E-state index >= 15 is 0 Å². The SMILES string of the molecule is CS(=O)(=O)N(C(=O)NC(=O)NC1C2CC3CC(C2)CC1C3)C1CCCCC1. The van der Waals surface area contributed by atoms with Gasteiger partial charge < -0.3 is 5.32 Å². The second kappa shape index (κ2) is 7.26. The Morgan fingerprint density at radius 1 is 0.889 bits per heavy atom. The number of hydrogen-bond acceptors (Lipinski definition) is 4. The summed E-state index contributed by atoms with van der Waals surface area (Å²) in [4.78, 5) is 25.1. The molecular weight excluding hydrogens is 366 g/mol. The van der Waals surface area contributed by atoms with Crippen molar-refractivity contribution in [3.8, 4) is 0 Å². The average molecular weight is 398 g/mol. The first-order chi connectivity index (χ1) is 12.8. The Labute approximate surface area is 161 Å². The van der Waals surface area contributed by atoms with Crippen LogP contribution in [0.15, 0.2) is 0 Å². The van der Waals surface area contributed by atoms with Crippen molar-refractivity contribution in [1.29, 1.82) is 0 Å². The molecule has 0 unspecified atom stereocenters. The fourth-order valence-electron chi connectivity index (χ4n) is 6.40. The molecule has 27 heavy (non-hydrogen) atoms. The Bertz CT molecular complexity index is 674. The lowest BCUT2D eigenvalue weighted by Gasteiger charge is -2.54. The van der Waals surface area contributed by atoms with Crippen LogP contribution in [0.4, 0.5) is 9.59 Å². The lowest BCUT2D eigenvalue weighted by atomic mass is 9.54. The molecule has 5 saturated carbocycles. The molecule has 5 rings (SSSR count). The highest BCUT2D eigenvalue weighted by atomic mass is 32.2. The number of imide groups is 1. The van der Waals surface area contributed by atoms with E-state index in [2.05, 4.69) is 10.6 Å². The van der Waals surface area contributed by atoms with E-state index in [0.29, 0.717) is 24.7 Å². The van der Waals surface area contributed by atoms with Crippen molar-refractivity contribution < 1.29 is 18.0 Å². The molecule has 0 radical (unpaired) electrons. The summed E-state index contributed by atoms with van der Waals surface area (Å²) in [5.41, 5.74) is 0. The number of hydrogen-bond donors (Lipinski definition) is 2. The summed E-state index contributed by atoms with van der Waals surface area (Å²) in [6.07, 6.45) is 11.3. The molecule has 4 amide bonds. The molecule has 0 aliphatic heterocycles. The van der Waals surface area contributed by atoms with Gasteiger partial charge in [0.25, 0.3) is 0 Å². The van der Waals surface area contributed by atoms with E-state index < -0.39 is 22.1 Å². The number of carbonyl (C=O) groups excluding carboxylic acids is 2. The predicted octanol–water partition coefficient (Wildman–Crippen LogP) is 2.82. The number of nitrogens with zero attached hydrogens (tertiary/aromatic N) is 1. The Kier molecular flexibility index (Phi) is 5.12. The summed E-state index contributed by atoms with van der Waals surface area (Å²) < 4.78 is 25.2. The van der Waals surface area contributed by atoms with E-state index in [1.165, 1.54) is 32.1 Å². The Balaban J connectivity index is 1.38. The molecule has 5 fully saturated rings. The number of amides is 4. The zero-order valence-electron chi connectivity index (χ0n) is 16.0. The van der Waals surface area contributed by atoms with Gasteiger partial charge in [0, 0.05) is 12.1 Å². The zero-order valence-corrected chi connectivity index (χ0v) is 16.8. The molecule has 2 N–H and O–H groups in total. The van der Waals surface area contributed by atoms with E-state index in [1.807, 2.05) is 0 Å². The monoisotopic (exact) mass is 397 g/mol. The van der Waals surface area contributed by atoms with Crippen LogP contribution in [0.1, 0.15) is 64.2 Å². The molecule has 5 aliphatic carbocycles. The smallest absolute Gasteiger partial charge is 0.334 e. The van der Waals surface area contributed by atoms with E-state index in [4.69, 9.17) is 0 Å². The predicted molar refractivity (Wildman–Crippen MR) is 101 cm³/mol. The van der Waals surface area contributed by atoms with Crippen molar-refractivity contribution in [2.24, 2.45) is 23.7 Å². The highest BCUT2D eigenvalue weighted by molar-refractivity contribution is 7.88. The van der Waals surface area contributed by atoms with Gasteiger partial charge in [-0.25, -0.2) is 22.3 Å². The Morgan fingerprint density at radius 2 is 1.44 bits per heavy atom. The summed E-state index contributed by atoms with van der Waals surface area (Å²) in [7, 11) is -3.72. The van der Waals surface area contributed by atoms with Crippen molar-refractivity contribution in [1.82, 2.24) is 14.9 Å². The summed E-state index contributed by atoms with van der Waals surface area (Å²) in [6.45, 7) is 0. The van der Waals surface area contributed by atoms with Crippen LogP contribution in [0.25, 0.3) is 0 Å². The van der Waals surface area contributed by atoms with E-state index in [9.17, 15) is 18.0 Å². The van der Waals surface area contributed by atoms with Crippen molar-refractivity contribution in [3.63, 3.8) is 0 Å². The lowest BCUT2D eigenvalue weighted by Crippen LogP contribution is -2.59. The molecule has 0 saturated heterocycles. The molecule has 0 heterocycles. The molecule has 0 aromatic heterocycles. The number of urea groups is 2. The van der Waals surface area contributed by atoms with Gasteiger partial charge in [0.15, 0.2) is 0 Å². The standard InChI is InChI=1S/C19H31N3O4S/c1-27(25,26)22(16-5-3-2-4-6-16)19(24)21-18(23)20-17-14-8-12-7-13(10-14)11-15(17)9-12/h12-17H,2-11H2,1H3,(H2,20,21,23,24). The van der Waals surface area contributed by atoms with Crippen molar-refractivity contribution in [2.45, 2.75) is 76.3 Å². The second-order valence-corrected chi connectivity index (χ2v) is 11.1. The third-order valence-electron chi connectivity index (χ3n) is 7.21. The van der Waals surface area contributed by atoms with Crippen LogP contribution in [-0.4, -0.2) is 43.1 Å². The summed E-state index contributed by atoms with van der Waals surface area (Å²) in [6, 6.07) is -1.60. The molecule has 0 atom stereocenters. The number of carbonyl (C=O) groups is 2. The summed E-state index contributed by atoms with van der Waals surface area (Å²) in [5.74, 6) is 2.63. The summed E-state index contributed by atoms with van der Waals surface area (Å²) >= 11 is 0. The van der Waals surface area contributed by atoms with Crippen molar-refractivity contribution >= 4 is 22.1 Å². The van der Waals surface area contributed by atoms with Gasteiger partial charge in [-0.05, 0) is 68.6 Å². The average Bonchev–Trinajstić information content (AvgIpc) is 2.57. The van der Waals surface area contributed by atoms with Gasteiger partial charge in [-0.1, -0.05) is 19.3 Å². The van der Waals surface area contributed by atoms with Gasteiger partial charge in [-0.2, -0.15) is 0 Å². The molecule has 0 aromatic carbocycles. The van der Waals surface area contributed by atoms with Crippen LogP contribution in [0.3, 0.4) is 0 Å². The molecule has 152 valence electrons. The maximum absolute atomic E-state index is 12.6. The van der Waals surface area contributed by atoms with Crippen LogP contribution in [0, 0.1) is 23.7 Å². The van der Waals surface area contributed by atoms with Crippen molar-refractivity contribution in [2.75, 3.05) is 6.26 Å². The molecule has 5 aliphatic rings. The molecule has 7 nitrogen and oxygen atoms in total. The first-order valence-electron chi connectivity index (χ1n) is 10.4. The van der Waals surface area contributed by atoms with Crippen LogP contribution >= 0.6 is 0 Å². The summed E-state index contributed by atoms with van der Waals surface area (Å²) in [5, 5.41) is 5.31. The van der Waals surface area contributed by atoms with Gasteiger partial charge in [-0.3, -0.25) is 5.32 Å². The van der Waals surface area contributed by atoms with Gasteiger partial charge >= 0.3 is 12.1 Å². The maximum atomic E-state index is 12.6. The van der Waals surface area contributed by atoms with E-state index in [-0.39, 0.29) is 12.1 Å². The van der Waals surface area contributed by atoms with Gasteiger partial charge in [0.1, 0.15) is 0 Å². The van der Waals surface area contributed by atoms with E-state index in [1.54, 1.807) is 0 Å². The number of rotatable bonds is 3. The molecule has 4 bridgehead atoms. The van der Waals surface area contributed by atoms with Crippen LogP contribution in [-0.2, 0) is 10.0 Å². The van der Waals surface area contributed by atoms with Gasteiger partial charge in [0.2, 0.25) is 10.0 Å². The quantitative estimate of drug-likeness (QED) is 0.765. The molecule has 8 heteroatoms. The Morgan fingerprint density at radius 3 is 1.96 bits per heavy atom. The second-order valence-electron chi connectivity index (χ2n) is 9.21. The minimum absolute atomic E-state index is 0.118. The minimum atomic E-state index is -3.72. The van der Waals surface area contributed by atoms with Crippen LogP contribution in [0.5, 0.6) is 0 Å². The highest BCUT2D eigenvalue weighted by Crippen LogP contribution is 2.53. The fraction of sp³-hybridized carbons (Fsp3) is 0.895. The van der Waals surface area contributed by atoms with Gasteiger partial charge in [-0.15, -0.1) is 0 Å². The maximum Gasteiger partial charge on any atom is 0.339 e. The minimum Gasteiger partial charge on any atom is -0.334 e. The van der Waals surface area contributed by atoms with E-state index in [0.717, 1.165) is 41.7 Å². The third-order valence-corrected chi connectivity index (χ3v) is 8.39. The highest BCUT2D eigenvalue weighted by Gasteiger charge is 2.48. The molecular formula is C19H31N3O4S.